The fourth-order valence-corrected chi connectivity index (χ4v) is 3.84. The van der Waals surface area contributed by atoms with Gasteiger partial charge in [0.05, 0.1) is 5.41 Å². The molecule has 1 aromatic carbocycles. The lowest BCUT2D eigenvalue weighted by Gasteiger charge is -2.44. The zero-order valence-electron chi connectivity index (χ0n) is 14.0. The Morgan fingerprint density at radius 1 is 1.24 bits per heavy atom. The minimum Gasteiger partial charge on any atom is -0.385 e. The maximum absolute atomic E-state index is 11.0. The summed E-state index contributed by atoms with van der Waals surface area (Å²) in [4.78, 5) is 3.05. The smallest absolute Gasteiger partial charge is 0.237 e. The monoisotopic (exact) mass is 362 g/mol. The number of aromatic nitrogens is 1. The van der Waals surface area contributed by atoms with Crippen molar-refractivity contribution in [2.45, 2.75) is 42.8 Å². The highest BCUT2D eigenvalue weighted by atomic mass is 35.5. The number of hydrogen-bond donors (Lipinski definition) is 6. The van der Waals surface area contributed by atoms with E-state index in [0.717, 1.165) is 5.56 Å². The molecule has 0 bridgehead atoms. The van der Waals surface area contributed by atoms with Crippen LogP contribution in [0.5, 0.6) is 0 Å². The third-order valence-electron chi connectivity index (χ3n) is 5.49. The molecule has 132 valence electrons. The Bertz CT molecular complexity index is 861. The Hall–Kier alpha value is -1.35. The molecule has 3 unspecified atom stereocenters. The van der Waals surface area contributed by atoms with Crippen LogP contribution in [-0.2, 0) is 11.8 Å². The van der Waals surface area contributed by atoms with E-state index in [1.807, 2.05) is 18.2 Å². The number of H-pyrrole nitrogens is 1. The molecule has 3 rings (SSSR count). The minimum absolute atomic E-state index is 0.353. The molecule has 25 heavy (non-hydrogen) atoms. The van der Waals surface area contributed by atoms with E-state index in [0.29, 0.717) is 27.9 Å². The zero-order valence-corrected chi connectivity index (χ0v) is 14.7. The number of allylic oxidation sites excluding steroid dienone is 1. The van der Waals surface area contributed by atoms with Gasteiger partial charge in [-0.1, -0.05) is 30.3 Å². The first-order chi connectivity index (χ1) is 11.3. The summed E-state index contributed by atoms with van der Waals surface area (Å²) in [5.41, 5.74) is -4.45. The molecule has 1 aromatic heterocycles. The molecular formula is C17H20BClN2O4. The quantitative estimate of drug-likeness (QED) is 0.353. The number of fused-ring (bicyclic) bond motifs is 1. The summed E-state index contributed by atoms with van der Waals surface area (Å²) >= 11 is 5.96. The van der Waals surface area contributed by atoms with Gasteiger partial charge in [-0.3, -0.25) is 0 Å². The van der Waals surface area contributed by atoms with Crippen molar-refractivity contribution in [1.29, 1.82) is 0 Å². The Labute approximate surface area is 151 Å². The van der Waals surface area contributed by atoms with E-state index in [1.54, 1.807) is 6.20 Å². The van der Waals surface area contributed by atoms with E-state index in [4.69, 9.17) is 19.4 Å². The van der Waals surface area contributed by atoms with Gasteiger partial charge in [-0.25, -0.2) is 5.32 Å². The van der Waals surface area contributed by atoms with Crippen LogP contribution in [0.2, 0.25) is 0 Å². The molecule has 0 aliphatic carbocycles. The van der Waals surface area contributed by atoms with Crippen LogP contribution in [0, 0.1) is 0 Å². The van der Waals surface area contributed by atoms with Gasteiger partial charge < -0.3 is 25.4 Å². The first kappa shape index (κ1) is 18.4. The lowest BCUT2D eigenvalue weighted by atomic mass is 9.62. The molecule has 2 aromatic rings. The van der Waals surface area contributed by atoms with Gasteiger partial charge in [0.25, 0.3) is 0 Å². The average Bonchev–Trinajstić information content (AvgIpc) is 2.92. The fraction of sp³-hybridized carbons (Fsp3) is 0.412. The van der Waals surface area contributed by atoms with Gasteiger partial charge in [0.1, 0.15) is 19.1 Å². The third kappa shape index (κ3) is 2.31. The second kappa shape index (κ2) is 5.33. The molecular weight excluding hydrogens is 342 g/mol. The Morgan fingerprint density at radius 3 is 2.40 bits per heavy atom. The van der Waals surface area contributed by atoms with Crippen molar-refractivity contribution >= 4 is 30.4 Å². The second-order valence-corrected chi connectivity index (χ2v) is 7.53. The maximum Gasteiger partial charge on any atom is 0.237 e. The number of aliphatic hydroxyl groups is 4. The van der Waals surface area contributed by atoms with Crippen molar-refractivity contribution in [3.05, 3.63) is 47.1 Å². The molecule has 2 radical (unpaired) electrons. The normalized spacial score (nSPS) is 34.5. The van der Waals surface area contributed by atoms with Crippen molar-refractivity contribution in [3.8, 4) is 0 Å². The molecule has 1 fully saturated rings. The first-order valence-electron chi connectivity index (χ1n) is 7.75. The SMILES string of the molecule is [B]C1(O)NC(O)(O)C(C)(c2c[nH]c3cccc(CC(=C)Cl)c23)C1(C)O. The molecule has 0 spiro atoms. The number of nitrogens with one attached hydrogen (secondary N) is 2. The zero-order chi connectivity index (χ0) is 18.8. The van der Waals surface area contributed by atoms with Crippen LogP contribution in [0.3, 0.4) is 0 Å². The topological polar surface area (TPSA) is 109 Å². The molecule has 3 atom stereocenters. The number of hydrogen-bond acceptors (Lipinski definition) is 5. The lowest BCUT2D eigenvalue weighted by Crippen LogP contribution is -2.61. The van der Waals surface area contributed by atoms with E-state index in [1.165, 1.54) is 13.8 Å². The van der Waals surface area contributed by atoms with Gasteiger partial charge in [-0.2, -0.15) is 0 Å². The van der Waals surface area contributed by atoms with E-state index in [9.17, 15) is 20.4 Å². The highest BCUT2D eigenvalue weighted by Gasteiger charge is 2.72. The highest BCUT2D eigenvalue weighted by molar-refractivity contribution is 6.29. The maximum atomic E-state index is 11.0. The Morgan fingerprint density at radius 2 is 1.88 bits per heavy atom. The minimum atomic E-state index is -2.68. The van der Waals surface area contributed by atoms with Gasteiger partial charge in [0.2, 0.25) is 5.91 Å². The summed E-state index contributed by atoms with van der Waals surface area (Å²) < 4.78 is 0. The molecule has 8 heteroatoms. The van der Waals surface area contributed by atoms with Crippen LogP contribution in [-0.4, -0.2) is 50.4 Å². The van der Waals surface area contributed by atoms with Gasteiger partial charge >= 0.3 is 0 Å². The molecule has 1 saturated heterocycles. The predicted molar refractivity (Wildman–Crippen MR) is 96.0 cm³/mol. The Balaban J connectivity index is 2.34. The van der Waals surface area contributed by atoms with Crippen molar-refractivity contribution in [3.63, 3.8) is 0 Å². The highest BCUT2D eigenvalue weighted by Crippen LogP contribution is 2.53. The van der Waals surface area contributed by atoms with Crippen LogP contribution in [0.15, 0.2) is 36.0 Å². The van der Waals surface area contributed by atoms with Crippen molar-refractivity contribution in [2.24, 2.45) is 0 Å². The number of aromatic amines is 1. The summed E-state index contributed by atoms with van der Waals surface area (Å²) in [6.07, 6.45) is 1.91. The van der Waals surface area contributed by atoms with Gasteiger partial charge in [0.15, 0.2) is 0 Å². The van der Waals surface area contributed by atoms with Crippen molar-refractivity contribution in [2.75, 3.05) is 0 Å². The Kier molecular flexibility index (Phi) is 3.93. The second-order valence-electron chi connectivity index (χ2n) is 7.00. The predicted octanol–water partition coefficient (Wildman–Crippen LogP) is 0.528. The molecule has 1 aliphatic heterocycles. The van der Waals surface area contributed by atoms with Crippen LogP contribution in [0.25, 0.3) is 10.9 Å². The van der Waals surface area contributed by atoms with Crippen molar-refractivity contribution < 1.29 is 20.4 Å². The van der Waals surface area contributed by atoms with Crippen LogP contribution in [0.1, 0.15) is 25.0 Å². The van der Waals surface area contributed by atoms with E-state index >= 15 is 0 Å². The fourth-order valence-electron chi connectivity index (χ4n) is 3.69. The molecule has 0 saturated carbocycles. The lowest BCUT2D eigenvalue weighted by molar-refractivity contribution is -0.229. The van der Waals surface area contributed by atoms with Crippen LogP contribution in [0.4, 0.5) is 0 Å². The molecule has 2 heterocycles. The number of halogens is 1. The standard InChI is InChI=1S/C17H20BClN2O4/c1-9(19)7-10-5-4-6-12-13(10)11(8-20-12)14(2)15(3,22)16(18,23)21-17(14,24)25/h4-6,8,20-25H,1,7H2,2-3H3. The summed E-state index contributed by atoms with van der Waals surface area (Å²) in [7, 11) is 5.70. The van der Waals surface area contributed by atoms with Crippen LogP contribution >= 0.6 is 11.6 Å². The molecule has 0 amide bonds. The summed E-state index contributed by atoms with van der Waals surface area (Å²) in [6.45, 7) is 6.36. The summed E-state index contributed by atoms with van der Waals surface area (Å²) in [5, 5.41) is 45.6. The van der Waals surface area contributed by atoms with Crippen molar-refractivity contribution in [1.82, 2.24) is 10.3 Å². The summed E-state index contributed by atoms with van der Waals surface area (Å²) in [6, 6.07) is 5.47. The molecule has 6 nitrogen and oxygen atoms in total. The van der Waals surface area contributed by atoms with Gasteiger partial charge in [-0.15, -0.1) is 0 Å². The first-order valence-corrected chi connectivity index (χ1v) is 8.13. The van der Waals surface area contributed by atoms with E-state index < -0.39 is 22.6 Å². The molecule has 6 N–H and O–H groups in total. The van der Waals surface area contributed by atoms with E-state index in [-0.39, 0.29) is 0 Å². The summed E-state index contributed by atoms with van der Waals surface area (Å²) in [5.74, 6) is -2.68. The third-order valence-corrected chi connectivity index (χ3v) is 5.62. The number of benzene rings is 1. The van der Waals surface area contributed by atoms with Crippen LogP contribution < -0.4 is 5.32 Å². The van der Waals surface area contributed by atoms with Gasteiger partial charge in [-0.05, 0) is 31.0 Å². The largest absolute Gasteiger partial charge is 0.385 e. The molecule has 1 aliphatic rings. The number of rotatable bonds is 3. The van der Waals surface area contributed by atoms with Gasteiger partial charge in [0, 0.05) is 28.6 Å². The average molecular weight is 363 g/mol. The van der Waals surface area contributed by atoms with E-state index in [2.05, 4.69) is 16.9 Å².